The highest BCUT2D eigenvalue weighted by Crippen LogP contribution is 2.45. The van der Waals surface area contributed by atoms with Crippen LogP contribution in [-0.2, 0) is 11.2 Å². The number of methoxy groups -OCH3 is 1. The Kier molecular flexibility index (Phi) is 2.23. The van der Waals surface area contributed by atoms with E-state index in [0.29, 0.717) is 10.8 Å². The van der Waals surface area contributed by atoms with Crippen LogP contribution in [0, 0.1) is 0 Å². The Labute approximate surface area is 86.3 Å². The normalized spacial score (nSPS) is 19.4. The molecule has 1 aromatic heterocycles. The lowest BCUT2D eigenvalue weighted by molar-refractivity contribution is 0.0603. The number of ether oxygens (including phenoxy) is 1. The third-order valence-corrected chi connectivity index (χ3v) is 4.09. The fourth-order valence-electron chi connectivity index (χ4n) is 1.84. The molecule has 1 aromatic rings. The summed E-state index contributed by atoms with van der Waals surface area (Å²) in [5.74, 6) is 0.162. The van der Waals surface area contributed by atoms with Gasteiger partial charge in [0, 0.05) is 10.4 Å². The zero-order chi connectivity index (χ0) is 10.3. The van der Waals surface area contributed by atoms with Crippen molar-refractivity contribution in [2.75, 3.05) is 7.11 Å². The molecule has 4 heteroatoms. The molecule has 0 bridgehead atoms. The van der Waals surface area contributed by atoms with Crippen molar-refractivity contribution in [1.82, 2.24) is 0 Å². The van der Waals surface area contributed by atoms with Gasteiger partial charge < -0.3 is 9.84 Å². The fourth-order valence-corrected chi connectivity index (χ4v) is 3.08. The minimum Gasteiger partial charge on any atom is -0.506 e. The Hall–Kier alpha value is -1.03. The summed E-state index contributed by atoms with van der Waals surface area (Å²) in [6.07, 6.45) is 1.94. The minimum atomic E-state index is -0.436. The second-order valence-corrected chi connectivity index (χ2v) is 4.61. The van der Waals surface area contributed by atoms with Crippen LogP contribution in [0.3, 0.4) is 0 Å². The molecule has 14 heavy (non-hydrogen) atoms. The molecule has 0 saturated carbocycles. The lowest BCUT2D eigenvalue weighted by Gasteiger charge is -1.99. The van der Waals surface area contributed by atoms with Crippen LogP contribution >= 0.6 is 11.3 Å². The highest BCUT2D eigenvalue weighted by molar-refractivity contribution is 7.14. The van der Waals surface area contributed by atoms with E-state index < -0.39 is 5.97 Å². The predicted molar refractivity (Wildman–Crippen MR) is 54.1 cm³/mol. The summed E-state index contributed by atoms with van der Waals surface area (Å²) >= 11 is 1.36. The molecule has 1 heterocycles. The first-order chi connectivity index (χ1) is 6.65. The molecule has 1 N–H and O–H groups in total. The van der Waals surface area contributed by atoms with Gasteiger partial charge in [-0.2, -0.15) is 0 Å². The molecule has 3 nitrogen and oxygen atoms in total. The lowest BCUT2D eigenvalue weighted by atomic mass is 10.2. The van der Waals surface area contributed by atoms with Gasteiger partial charge in [0.25, 0.3) is 0 Å². The topological polar surface area (TPSA) is 46.5 Å². The van der Waals surface area contributed by atoms with E-state index in [-0.39, 0.29) is 5.75 Å². The molecule has 0 spiro atoms. The molecular weight excluding hydrogens is 200 g/mol. The average Bonchev–Trinajstić information content (AvgIpc) is 2.69. The van der Waals surface area contributed by atoms with Crippen LogP contribution in [0.5, 0.6) is 5.75 Å². The highest BCUT2D eigenvalue weighted by atomic mass is 32.1. The zero-order valence-electron chi connectivity index (χ0n) is 8.16. The predicted octanol–water partition coefficient (Wildman–Crippen LogP) is 2.29. The number of fused-ring (bicyclic) bond motifs is 1. The quantitative estimate of drug-likeness (QED) is 0.726. The Morgan fingerprint density at radius 1 is 1.64 bits per heavy atom. The van der Waals surface area contributed by atoms with Crippen LogP contribution in [0.1, 0.15) is 39.4 Å². The van der Waals surface area contributed by atoms with Gasteiger partial charge in [0.15, 0.2) is 4.88 Å². The lowest BCUT2D eigenvalue weighted by Crippen LogP contribution is -1.98. The first-order valence-corrected chi connectivity index (χ1v) is 5.39. The number of carbonyl (C=O) groups is 1. The minimum absolute atomic E-state index is 0.140. The van der Waals surface area contributed by atoms with E-state index in [1.165, 1.54) is 18.4 Å². The van der Waals surface area contributed by atoms with Crippen LogP contribution in [0.25, 0.3) is 0 Å². The summed E-state index contributed by atoms with van der Waals surface area (Å²) in [5, 5.41) is 9.78. The third-order valence-electron chi connectivity index (χ3n) is 2.66. The molecular formula is C10H12O3S. The largest absolute Gasteiger partial charge is 0.506 e. The zero-order valence-corrected chi connectivity index (χ0v) is 8.98. The van der Waals surface area contributed by atoms with E-state index in [0.717, 1.165) is 23.3 Å². The van der Waals surface area contributed by atoms with Crippen molar-refractivity contribution in [3.05, 3.63) is 15.3 Å². The van der Waals surface area contributed by atoms with Crippen molar-refractivity contribution in [2.45, 2.75) is 25.7 Å². The Bertz CT molecular complexity index is 381. The number of thiophene rings is 1. The molecule has 0 radical (unpaired) electrons. The van der Waals surface area contributed by atoms with E-state index in [4.69, 9.17) is 0 Å². The van der Waals surface area contributed by atoms with Crippen molar-refractivity contribution < 1.29 is 14.6 Å². The Morgan fingerprint density at radius 2 is 2.36 bits per heavy atom. The number of rotatable bonds is 1. The van der Waals surface area contributed by atoms with Gasteiger partial charge in [-0.05, 0) is 18.8 Å². The first-order valence-electron chi connectivity index (χ1n) is 4.58. The summed E-state index contributed by atoms with van der Waals surface area (Å²) < 4.78 is 4.60. The maximum absolute atomic E-state index is 11.3. The van der Waals surface area contributed by atoms with Crippen LogP contribution in [0.15, 0.2) is 0 Å². The number of hydrogen-bond donors (Lipinski definition) is 1. The van der Waals surface area contributed by atoms with Crippen LogP contribution in [0.4, 0.5) is 0 Å². The molecule has 2 rings (SSSR count). The SMILES string of the molecule is COC(=O)c1sc2c(c1O)CCC2C. The fraction of sp³-hybridized carbons (Fsp3) is 0.500. The Morgan fingerprint density at radius 3 is 2.93 bits per heavy atom. The smallest absolute Gasteiger partial charge is 0.351 e. The average molecular weight is 212 g/mol. The summed E-state index contributed by atoms with van der Waals surface area (Å²) in [5.41, 5.74) is 0.947. The van der Waals surface area contributed by atoms with Crippen LogP contribution in [-0.4, -0.2) is 18.2 Å². The van der Waals surface area contributed by atoms with E-state index in [2.05, 4.69) is 11.7 Å². The number of esters is 1. The van der Waals surface area contributed by atoms with Gasteiger partial charge in [-0.15, -0.1) is 11.3 Å². The molecule has 0 saturated heterocycles. The van der Waals surface area contributed by atoms with Crippen molar-refractivity contribution in [3.8, 4) is 5.75 Å². The van der Waals surface area contributed by atoms with Crippen molar-refractivity contribution >= 4 is 17.3 Å². The maximum atomic E-state index is 11.3. The maximum Gasteiger partial charge on any atom is 0.351 e. The summed E-state index contributed by atoms with van der Waals surface area (Å²) in [4.78, 5) is 12.8. The number of hydrogen-bond acceptors (Lipinski definition) is 4. The molecule has 1 atom stereocenters. The van der Waals surface area contributed by atoms with Crippen LogP contribution in [0.2, 0.25) is 0 Å². The number of carbonyl (C=O) groups excluding carboxylic acids is 1. The molecule has 0 aromatic carbocycles. The highest BCUT2D eigenvalue weighted by Gasteiger charge is 2.29. The van der Waals surface area contributed by atoms with E-state index in [1.807, 2.05) is 0 Å². The molecule has 0 fully saturated rings. The van der Waals surface area contributed by atoms with E-state index in [1.54, 1.807) is 0 Å². The summed E-state index contributed by atoms with van der Waals surface area (Å²) in [7, 11) is 1.33. The van der Waals surface area contributed by atoms with Crippen molar-refractivity contribution in [2.24, 2.45) is 0 Å². The molecule has 76 valence electrons. The van der Waals surface area contributed by atoms with E-state index in [9.17, 15) is 9.90 Å². The molecule has 0 amide bonds. The van der Waals surface area contributed by atoms with Crippen LogP contribution < -0.4 is 0 Å². The third kappa shape index (κ3) is 1.21. The molecule has 1 aliphatic carbocycles. The Balaban J connectivity index is 2.47. The first kappa shape index (κ1) is 9.52. The van der Waals surface area contributed by atoms with Gasteiger partial charge in [-0.3, -0.25) is 0 Å². The van der Waals surface area contributed by atoms with Gasteiger partial charge in [-0.25, -0.2) is 4.79 Å². The molecule has 1 unspecified atom stereocenters. The van der Waals surface area contributed by atoms with Gasteiger partial charge in [0.2, 0.25) is 0 Å². The summed E-state index contributed by atoms with van der Waals surface area (Å²) in [6, 6.07) is 0. The van der Waals surface area contributed by atoms with Crippen molar-refractivity contribution in [3.63, 3.8) is 0 Å². The molecule has 0 aliphatic heterocycles. The molecule has 1 aliphatic rings. The van der Waals surface area contributed by atoms with Gasteiger partial charge in [-0.1, -0.05) is 6.92 Å². The van der Waals surface area contributed by atoms with Gasteiger partial charge in [0.1, 0.15) is 5.75 Å². The summed E-state index contributed by atoms with van der Waals surface area (Å²) in [6.45, 7) is 2.11. The second kappa shape index (κ2) is 3.28. The van der Waals surface area contributed by atoms with Gasteiger partial charge >= 0.3 is 5.97 Å². The number of aromatic hydroxyl groups is 1. The van der Waals surface area contributed by atoms with Crippen molar-refractivity contribution in [1.29, 1.82) is 0 Å². The van der Waals surface area contributed by atoms with Gasteiger partial charge in [0.05, 0.1) is 7.11 Å². The monoisotopic (exact) mass is 212 g/mol. The second-order valence-electron chi connectivity index (χ2n) is 3.55. The standard InChI is InChI=1S/C10H12O3S/c1-5-3-4-6-7(11)9(10(12)13-2)14-8(5)6/h5,11H,3-4H2,1-2H3. The van der Waals surface area contributed by atoms with E-state index >= 15 is 0 Å².